The van der Waals surface area contributed by atoms with E-state index in [0.29, 0.717) is 6.04 Å². The third kappa shape index (κ3) is 3.76. The first-order valence-electron chi connectivity index (χ1n) is 5.35. The molecule has 1 heterocycles. The van der Waals surface area contributed by atoms with Gasteiger partial charge in [0.1, 0.15) is 5.01 Å². The molecule has 0 bridgehead atoms. The van der Waals surface area contributed by atoms with Crippen LogP contribution in [0, 0.1) is 0 Å². The van der Waals surface area contributed by atoms with E-state index in [-0.39, 0.29) is 5.54 Å². The van der Waals surface area contributed by atoms with Gasteiger partial charge in [-0.15, -0.1) is 17.9 Å². The molecule has 0 aromatic carbocycles. The first-order chi connectivity index (χ1) is 7.06. The standard InChI is InChI=1S/C12H20N2S/c1-5-6-7-10(2)14-12(3,4)11-13-8-9-15-11/h5,8-10,14H,1,6-7H2,2-4H3. The van der Waals surface area contributed by atoms with Crippen molar-refractivity contribution in [2.75, 3.05) is 0 Å². The van der Waals surface area contributed by atoms with E-state index in [1.165, 1.54) is 0 Å². The van der Waals surface area contributed by atoms with E-state index in [4.69, 9.17) is 0 Å². The molecule has 15 heavy (non-hydrogen) atoms. The highest BCUT2D eigenvalue weighted by Crippen LogP contribution is 2.23. The van der Waals surface area contributed by atoms with Gasteiger partial charge < -0.3 is 5.32 Å². The van der Waals surface area contributed by atoms with E-state index in [1.807, 2.05) is 17.7 Å². The van der Waals surface area contributed by atoms with Gasteiger partial charge in [-0.1, -0.05) is 6.08 Å². The van der Waals surface area contributed by atoms with E-state index >= 15 is 0 Å². The van der Waals surface area contributed by atoms with Gasteiger partial charge in [0.25, 0.3) is 0 Å². The second-order valence-electron chi connectivity index (χ2n) is 4.37. The fraction of sp³-hybridized carbons (Fsp3) is 0.583. The van der Waals surface area contributed by atoms with E-state index < -0.39 is 0 Å². The Balaban J connectivity index is 2.52. The van der Waals surface area contributed by atoms with Crippen molar-refractivity contribution in [2.24, 2.45) is 0 Å². The summed E-state index contributed by atoms with van der Waals surface area (Å²) in [6.45, 7) is 10.3. The Morgan fingerprint density at radius 2 is 2.40 bits per heavy atom. The maximum atomic E-state index is 4.36. The molecule has 1 aromatic heterocycles. The lowest BCUT2D eigenvalue weighted by atomic mass is 10.0. The van der Waals surface area contributed by atoms with Crippen LogP contribution in [-0.4, -0.2) is 11.0 Å². The van der Waals surface area contributed by atoms with Gasteiger partial charge >= 0.3 is 0 Å². The molecule has 0 amide bonds. The van der Waals surface area contributed by atoms with Crippen LogP contribution in [0.1, 0.15) is 38.6 Å². The number of rotatable bonds is 6. The Morgan fingerprint density at radius 3 is 2.93 bits per heavy atom. The molecule has 1 atom stereocenters. The summed E-state index contributed by atoms with van der Waals surface area (Å²) in [5, 5.41) is 6.76. The van der Waals surface area contributed by atoms with Gasteiger partial charge in [0.2, 0.25) is 0 Å². The summed E-state index contributed by atoms with van der Waals surface area (Å²) in [6.07, 6.45) is 6.01. The van der Waals surface area contributed by atoms with Crippen LogP contribution in [0.15, 0.2) is 24.2 Å². The Morgan fingerprint density at radius 1 is 1.67 bits per heavy atom. The molecular formula is C12H20N2S. The van der Waals surface area contributed by atoms with Crippen LogP contribution in [0.25, 0.3) is 0 Å². The maximum absolute atomic E-state index is 4.36. The fourth-order valence-electron chi connectivity index (χ4n) is 1.65. The van der Waals surface area contributed by atoms with Gasteiger partial charge in [-0.05, 0) is 33.6 Å². The molecule has 0 aliphatic rings. The predicted octanol–water partition coefficient (Wildman–Crippen LogP) is 3.32. The summed E-state index contributed by atoms with van der Waals surface area (Å²) in [5.74, 6) is 0. The minimum Gasteiger partial charge on any atom is -0.303 e. The number of aromatic nitrogens is 1. The molecule has 0 aliphatic heterocycles. The molecular weight excluding hydrogens is 204 g/mol. The lowest BCUT2D eigenvalue weighted by molar-refractivity contribution is 0.342. The number of allylic oxidation sites excluding steroid dienone is 1. The van der Waals surface area contributed by atoms with Crippen molar-refractivity contribution >= 4 is 11.3 Å². The summed E-state index contributed by atoms with van der Waals surface area (Å²) in [5.41, 5.74) is -0.0330. The van der Waals surface area contributed by atoms with Gasteiger partial charge in [-0.2, -0.15) is 0 Å². The topological polar surface area (TPSA) is 24.9 Å². The van der Waals surface area contributed by atoms with E-state index in [1.54, 1.807) is 11.3 Å². The van der Waals surface area contributed by atoms with Crippen molar-refractivity contribution in [1.82, 2.24) is 10.3 Å². The molecule has 1 N–H and O–H groups in total. The van der Waals surface area contributed by atoms with Gasteiger partial charge in [0.15, 0.2) is 0 Å². The largest absolute Gasteiger partial charge is 0.303 e. The normalized spacial score (nSPS) is 13.8. The zero-order chi connectivity index (χ0) is 11.3. The van der Waals surface area contributed by atoms with Gasteiger partial charge in [-0.3, -0.25) is 0 Å². The fourth-order valence-corrected chi connectivity index (χ4v) is 2.38. The average molecular weight is 224 g/mol. The molecule has 0 aliphatic carbocycles. The SMILES string of the molecule is C=CCCC(C)NC(C)(C)c1nccs1. The molecule has 0 fully saturated rings. The average Bonchev–Trinajstić information content (AvgIpc) is 2.67. The first-order valence-corrected chi connectivity index (χ1v) is 6.23. The van der Waals surface area contributed by atoms with Crippen molar-refractivity contribution in [1.29, 1.82) is 0 Å². The molecule has 2 nitrogen and oxygen atoms in total. The highest BCUT2D eigenvalue weighted by atomic mass is 32.1. The molecule has 1 aromatic rings. The molecule has 0 spiro atoms. The first kappa shape index (κ1) is 12.4. The minimum absolute atomic E-state index is 0.0330. The van der Waals surface area contributed by atoms with E-state index in [9.17, 15) is 0 Å². The number of nitrogens with one attached hydrogen (secondary N) is 1. The Hall–Kier alpha value is -0.670. The Labute approximate surface area is 96.4 Å². The summed E-state index contributed by atoms with van der Waals surface area (Å²) >= 11 is 1.70. The van der Waals surface area contributed by atoms with Crippen LogP contribution >= 0.6 is 11.3 Å². The summed E-state index contributed by atoms with van der Waals surface area (Å²) in [7, 11) is 0. The Bertz CT molecular complexity index is 291. The van der Waals surface area contributed by atoms with Crippen LogP contribution in [0.5, 0.6) is 0 Å². The van der Waals surface area contributed by atoms with Crippen LogP contribution in [0.3, 0.4) is 0 Å². The molecule has 1 unspecified atom stereocenters. The minimum atomic E-state index is -0.0330. The summed E-state index contributed by atoms with van der Waals surface area (Å²) in [4.78, 5) is 4.36. The van der Waals surface area contributed by atoms with E-state index in [0.717, 1.165) is 17.8 Å². The van der Waals surface area contributed by atoms with Crippen molar-refractivity contribution in [2.45, 2.75) is 45.2 Å². The lowest BCUT2D eigenvalue weighted by Crippen LogP contribution is -2.42. The van der Waals surface area contributed by atoms with Crippen LogP contribution in [0.4, 0.5) is 0 Å². The lowest BCUT2D eigenvalue weighted by Gasteiger charge is -2.28. The van der Waals surface area contributed by atoms with Crippen LogP contribution in [0.2, 0.25) is 0 Å². The molecule has 3 heteroatoms. The number of thiazole rings is 1. The monoisotopic (exact) mass is 224 g/mol. The van der Waals surface area contributed by atoms with Crippen molar-refractivity contribution in [3.63, 3.8) is 0 Å². The van der Waals surface area contributed by atoms with Gasteiger partial charge in [0, 0.05) is 17.6 Å². The third-order valence-corrected chi connectivity index (χ3v) is 3.47. The van der Waals surface area contributed by atoms with Gasteiger partial charge in [0.05, 0.1) is 5.54 Å². The number of hydrogen-bond acceptors (Lipinski definition) is 3. The van der Waals surface area contributed by atoms with Crippen molar-refractivity contribution in [3.05, 3.63) is 29.2 Å². The zero-order valence-corrected chi connectivity index (χ0v) is 10.6. The zero-order valence-electron chi connectivity index (χ0n) is 9.79. The third-order valence-electron chi connectivity index (χ3n) is 2.38. The quantitative estimate of drug-likeness (QED) is 0.750. The second-order valence-corrected chi connectivity index (χ2v) is 5.27. The van der Waals surface area contributed by atoms with Crippen molar-refractivity contribution < 1.29 is 0 Å². The van der Waals surface area contributed by atoms with Crippen LogP contribution in [-0.2, 0) is 5.54 Å². The smallest absolute Gasteiger partial charge is 0.112 e. The number of hydrogen-bond donors (Lipinski definition) is 1. The second kappa shape index (κ2) is 5.42. The van der Waals surface area contributed by atoms with E-state index in [2.05, 4.69) is 37.7 Å². The summed E-state index contributed by atoms with van der Waals surface area (Å²) in [6, 6.07) is 0.488. The highest BCUT2D eigenvalue weighted by molar-refractivity contribution is 7.09. The Kier molecular flexibility index (Phi) is 4.48. The molecule has 0 radical (unpaired) electrons. The summed E-state index contributed by atoms with van der Waals surface area (Å²) < 4.78 is 0. The van der Waals surface area contributed by atoms with Crippen molar-refractivity contribution in [3.8, 4) is 0 Å². The number of nitrogens with zero attached hydrogens (tertiary/aromatic N) is 1. The highest BCUT2D eigenvalue weighted by Gasteiger charge is 2.24. The molecule has 0 saturated carbocycles. The maximum Gasteiger partial charge on any atom is 0.112 e. The molecule has 0 saturated heterocycles. The molecule has 84 valence electrons. The molecule has 1 rings (SSSR count). The van der Waals surface area contributed by atoms with Crippen LogP contribution < -0.4 is 5.32 Å². The van der Waals surface area contributed by atoms with Gasteiger partial charge in [-0.25, -0.2) is 4.98 Å². The predicted molar refractivity (Wildman–Crippen MR) is 67.2 cm³/mol.